The number of amides is 1. The van der Waals surface area contributed by atoms with Crippen LogP contribution in [-0.4, -0.2) is 37.1 Å². The van der Waals surface area contributed by atoms with Crippen molar-refractivity contribution in [3.05, 3.63) is 53.5 Å². The smallest absolute Gasteiger partial charge is 0.259 e. The van der Waals surface area contributed by atoms with Crippen LogP contribution in [0.25, 0.3) is 0 Å². The molecule has 5 nitrogen and oxygen atoms in total. The zero-order valence-electron chi connectivity index (χ0n) is 13.4. The first-order chi connectivity index (χ1) is 11.1. The fourth-order valence-electron chi connectivity index (χ4n) is 2.58. The summed E-state index contributed by atoms with van der Waals surface area (Å²) in [5, 5.41) is 5.93. The minimum Gasteiger partial charge on any atom is -0.368 e. The number of carbonyl (C=O) groups is 1. The highest BCUT2D eigenvalue weighted by Crippen LogP contribution is 2.17. The topological polar surface area (TPSA) is 57.3 Å². The molecule has 0 bridgehead atoms. The normalized spacial score (nSPS) is 14.0. The third-order valence-electron chi connectivity index (χ3n) is 3.91. The van der Waals surface area contributed by atoms with Gasteiger partial charge in [0.05, 0.1) is 17.4 Å². The zero-order valence-corrected chi connectivity index (χ0v) is 14.2. The number of pyridine rings is 1. The maximum atomic E-state index is 14.0. The average molecular weight is 351 g/mol. The van der Waals surface area contributed by atoms with Crippen LogP contribution >= 0.6 is 12.4 Å². The number of nitrogens with one attached hydrogen (secondary N) is 2. The van der Waals surface area contributed by atoms with Crippen molar-refractivity contribution in [2.45, 2.75) is 6.92 Å². The molecular formula is C17H20ClFN4O. The number of aromatic nitrogens is 1. The molecule has 0 aliphatic carbocycles. The van der Waals surface area contributed by atoms with Crippen LogP contribution < -0.4 is 15.5 Å². The molecule has 2 N–H and O–H groups in total. The van der Waals surface area contributed by atoms with Crippen molar-refractivity contribution in [2.75, 3.05) is 36.4 Å². The van der Waals surface area contributed by atoms with Gasteiger partial charge in [0.25, 0.3) is 5.91 Å². The SMILES string of the molecule is Cc1cccc(C(=O)Nc2ccc(N3CCNCC3)cn2)c1F.Cl. The van der Waals surface area contributed by atoms with Gasteiger partial charge in [-0.1, -0.05) is 12.1 Å². The van der Waals surface area contributed by atoms with Crippen molar-refractivity contribution in [3.8, 4) is 0 Å². The number of hydrogen-bond acceptors (Lipinski definition) is 4. The number of halogens is 2. The highest BCUT2D eigenvalue weighted by molar-refractivity contribution is 6.04. The highest BCUT2D eigenvalue weighted by atomic mass is 35.5. The van der Waals surface area contributed by atoms with E-state index in [-0.39, 0.29) is 18.0 Å². The Morgan fingerprint density at radius 2 is 2.00 bits per heavy atom. The van der Waals surface area contributed by atoms with Crippen LogP contribution in [0, 0.1) is 12.7 Å². The van der Waals surface area contributed by atoms with Gasteiger partial charge >= 0.3 is 0 Å². The van der Waals surface area contributed by atoms with Gasteiger partial charge in [-0.2, -0.15) is 0 Å². The highest BCUT2D eigenvalue weighted by Gasteiger charge is 2.14. The molecule has 24 heavy (non-hydrogen) atoms. The summed E-state index contributed by atoms with van der Waals surface area (Å²) in [5.41, 5.74) is 1.49. The van der Waals surface area contributed by atoms with Crippen molar-refractivity contribution < 1.29 is 9.18 Å². The molecule has 0 radical (unpaired) electrons. The predicted octanol–water partition coefficient (Wildman–Crippen LogP) is 2.61. The number of aryl methyl sites for hydroxylation is 1. The minimum absolute atomic E-state index is 0. The zero-order chi connectivity index (χ0) is 16.2. The van der Waals surface area contributed by atoms with E-state index in [4.69, 9.17) is 0 Å². The maximum absolute atomic E-state index is 14.0. The third-order valence-corrected chi connectivity index (χ3v) is 3.91. The minimum atomic E-state index is -0.498. The molecule has 1 fully saturated rings. The molecule has 2 heterocycles. The van der Waals surface area contributed by atoms with Crippen molar-refractivity contribution >= 4 is 29.8 Å². The van der Waals surface area contributed by atoms with E-state index in [1.165, 1.54) is 6.07 Å². The van der Waals surface area contributed by atoms with Gasteiger partial charge in [0.1, 0.15) is 11.6 Å². The Kier molecular flexibility index (Phi) is 6.11. The molecule has 1 aromatic carbocycles. The summed E-state index contributed by atoms with van der Waals surface area (Å²) in [6.07, 6.45) is 1.73. The van der Waals surface area contributed by atoms with Gasteiger partial charge < -0.3 is 15.5 Å². The van der Waals surface area contributed by atoms with E-state index in [0.717, 1.165) is 31.9 Å². The number of benzene rings is 1. The summed E-state index contributed by atoms with van der Waals surface area (Å²) in [5.74, 6) is -0.578. The lowest BCUT2D eigenvalue weighted by atomic mass is 10.1. The lowest BCUT2D eigenvalue weighted by Gasteiger charge is -2.29. The second-order valence-electron chi connectivity index (χ2n) is 5.53. The first-order valence-electron chi connectivity index (χ1n) is 7.63. The molecule has 1 aliphatic rings. The van der Waals surface area contributed by atoms with E-state index in [1.54, 1.807) is 31.3 Å². The molecule has 7 heteroatoms. The lowest BCUT2D eigenvalue weighted by Crippen LogP contribution is -2.43. The molecule has 1 aliphatic heterocycles. The van der Waals surface area contributed by atoms with Crippen LogP contribution in [0.15, 0.2) is 36.5 Å². The van der Waals surface area contributed by atoms with E-state index in [0.29, 0.717) is 11.4 Å². The van der Waals surface area contributed by atoms with E-state index < -0.39 is 11.7 Å². The molecule has 0 spiro atoms. The largest absolute Gasteiger partial charge is 0.368 e. The van der Waals surface area contributed by atoms with E-state index >= 15 is 0 Å². The predicted molar refractivity (Wildman–Crippen MR) is 95.7 cm³/mol. The summed E-state index contributed by atoms with van der Waals surface area (Å²) >= 11 is 0. The molecule has 1 amide bonds. The summed E-state index contributed by atoms with van der Waals surface area (Å²) in [7, 11) is 0. The van der Waals surface area contributed by atoms with Gasteiger partial charge in [-0.15, -0.1) is 12.4 Å². The summed E-state index contributed by atoms with van der Waals surface area (Å²) in [6.45, 7) is 5.40. The van der Waals surface area contributed by atoms with Crippen LogP contribution in [0.3, 0.4) is 0 Å². The van der Waals surface area contributed by atoms with Gasteiger partial charge in [0, 0.05) is 26.2 Å². The fourth-order valence-corrected chi connectivity index (χ4v) is 2.58. The van der Waals surface area contributed by atoms with E-state index in [2.05, 4.69) is 20.5 Å². The summed E-state index contributed by atoms with van der Waals surface area (Å²) in [4.78, 5) is 18.7. The lowest BCUT2D eigenvalue weighted by molar-refractivity contribution is 0.102. The molecule has 1 aromatic heterocycles. The van der Waals surface area contributed by atoms with Gasteiger partial charge in [-0.25, -0.2) is 9.37 Å². The Balaban J connectivity index is 0.00000208. The van der Waals surface area contributed by atoms with Crippen LogP contribution in [0.5, 0.6) is 0 Å². The standard InChI is InChI=1S/C17H19FN4O.ClH/c1-12-3-2-4-14(16(12)18)17(23)21-15-6-5-13(11-20-15)22-9-7-19-8-10-22;/h2-6,11,19H,7-10H2,1H3,(H,20,21,23);1H. The van der Waals surface area contributed by atoms with Crippen molar-refractivity contribution in [3.63, 3.8) is 0 Å². The molecule has 2 aromatic rings. The first-order valence-corrected chi connectivity index (χ1v) is 7.63. The van der Waals surface area contributed by atoms with Gasteiger partial charge in [0.15, 0.2) is 0 Å². The van der Waals surface area contributed by atoms with Crippen LogP contribution in [0.4, 0.5) is 15.9 Å². The number of nitrogens with zero attached hydrogens (tertiary/aromatic N) is 2. The number of anilines is 2. The van der Waals surface area contributed by atoms with Crippen LogP contribution in [-0.2, 0) is 0 Å². The van der Waals surface area contributed by atoms with E-state index in [9.17, 15) is 9.18 Å². The fraction of sp³-hybridized carbons (Fsp3) is 0.294. The Labute approximate surface area is 146 Å². The van der Waals surface area contributed by atoms with Crippen molar-refractivity contribution in [2.24, 2.45) is 0 Å². The third kappa shape index (κ3) is 4.01. The molecule has 0 unspecified atom stereocenters. The number of hydrogen-bond donors (Lipinski definition) is 2. The molecule has 0 saturated carbocycles. The molecule has 3 rings (SSSR count). The first kappa shape index (κ1) is 18.2. The van der Waals surface area contributed by atoms with Crippen molar-refractivity contribution in [1.82, 2.24) is 10.3 Å². The second-order valence-corrected chi connectivity index (χ2v) is 5.53. The monoisotopic (exact) mass is 350 g/mol. The molecule has 1 saturated heterocycles. The summed E-state index contributed by atoms with van der Waals surface area (Å²) in [6, 6.07) is 8.41. The Morgan fingerprint density at radius 1 is 1.25 bits per heavy atom. The summed E-state index contributed by atoms with van der Waals surface area (Å²) < 4.78 is 14.0. The second kappa shape index (κ2) is 8.08. The van der Waals surface area contributed by atoms with E-state index in [1.807, 2.05) is 6.07 Å². The van der Waals surface area contributed by atoms with Crippen LogP contribution in [0.2, 0.25) is 0 Å². The Hall–Kier alpha value is -2.18. The number of piperazine rings is 1. The Morgan fingerprint density at radius 3 is 2.67 bits per heavy atom. The van der Waals surface area contributed by atoms with Crippen molar-refractivity contribution in [1.29, 1.82) is 0 Å². The molecular weight excluding hydrogens is 331 g/mol. The number of rotatable bonds is 3. The van der Waals surface area contributed by atoms with Gasteiger partial charge in [0.2, 0.25) is 0 Å². The van der Waals surface area contributed by atoms with Crippen LogP contribution in [0.1, 0.15) is 15.9 Å². The number of carbonyl (C=O) groups excluding carboxylic acids is 1. The van der Waals surface area contributed by atoms with Gasteiger partial charge in [-0.05, 0) is 30.7 Å². The maximum Gasteiger partial charge on any atom is 0.259 e. The molecule has 0 atom stereocenters. The van der Waals surface area contributed by atoms with Gasteiger partial charge in [-0.3, -0.25) is 4.79 Å². The Bertz CT molecular complexity index is 702. The average Bonchev–Trinajstić information content (AvgIpc) is 2.59. The quantitative estimate of drug-likeness (QED) is 0.893. The molecule has 128 valence electrons.